The number of ether oxygens (including phenoxy) is 1. The molecule has 0 aliphatic heterocycles. The Morgan fingerprint density at radius 2 is 1.84 bits per heavy atom. The van der Waals surface area contributed by atoms with Crippen molar-refractivity contribution in [1.82, 2.24) is 15.5 Å². The molecule has 10 heteroatoms. The Labute approximate surface area is 225 Å². The maximum Gasteiger partial charge on any atom is 0.240 e. The summed E-state index contributed by atoms with van der Waals surface area (Å²) in [5.74, 6) is 0.614. The van der Waals surface area contributed by atoms with Crippen molar-refractivity contribution in [1.29, 1.82) is 0 Å². The summed E-state index contributed by atoms with van der Waals surface area (Å²) >= 11 is 12.0. The Bertz CT molecular complexity index is 1210. The molecule has 1 heterocycles. The number of carbonyl (C=O) groups is 2. The maximum atomic E-state index is 13.0. The summed E-state index contributed by atoms with van der Waals surface area (Å²) in [4.78, 5) is 29.5. The first-order valence-corrected chi connectivity index (χ1v) is 13.2. The fourth-order valence-corrected chi connectivity index (χ4v) is 4.16. The average Bonchev–Trinajstić information content (AvgIpc) is 3.65. The highest BCUT2D eigenvalue weighted by atomic mass is 35.5. The number of rotatable bonds is 14. The number of amides is 1. The third-order valence-corrected chi connectivity index (χ3v) is 6.88. The van der Waals surface area contributed by atoms with Crippen LogP contribution in [0.4, 0.5) is 0 Å². The zero-order valence-corrected chi connectivity index (χ0v) is 21.9. The van der Waals surface area contributed by atoms with Gasteiger partial charge in [0.15, 0.2) is 0 Å². The largest absolute Gasteiger partial charge is 0.493 e. The Kier molecular flexibility index (Phi) is 9.55. The van der Waals surface area contributed by atoms with Crippen molar-refractivity contribution in [2.75, 3.05) is 13.2 Å². The normalized spacial score (nSPS) is 13.8. The number of hydrogen-bond donors (Lipinski definition) is 2. The van der Waals surface area contributed by atoms with Gasteiger partial charge in [-0.1, -0.05) is 46.6 Å². The predicted octanol–water partition coefficient (Wildman–Crippen LogP) is 4.80. The molecule has 3 N–H and O–H groups in total. The average molecular weight is 545 g/mol. The number of nitrogens with two attached hydrogens (primary N) is 1. The summed E-state index contributed by atoms with van der Waals surface area (Å²) in [6.07, 6.45) is 4.79. The van der Waals surface area contributed by atoms with Gasteiger partial charge in [0.05, 0.1) is 29.1 Å². The first-order valence-electron chi connectivity index (χ1n) is 12.5. The van der Waals surface area contributed by atoms with Crippen LogP contribution in [0.2, 0.25) is 10.0 Å². The van der Waals surface area contributed by atoms with Crippen LogP contribution in [0, 0.1) is 5.92 Å². The lowest BCUT2D eigenvalue weighted by Crippen LogP contribution is -2.42. The van der Waals surface area contributed by atoms with Crippen LogP contribution in [0.25, 0.3) is 0 Å². The van der Waals surface area contributed by atoms with E-state index in [1.807, 2.05) is 36.4 Å². The Balaban J connectivity index is 1.29. The Morgan fingerprint density at radius 3 is 2.54 bits per heavy atom. The molecule has 1 aromatic heterocycles. The number of halogens is 2. The second-order valence-electron chi connectivity index (χ2n) is 9.16. The molecule has 1 atom stereocenters. The SMILES string of the molecule is NCCCCC(NC(=O)C1CC1)C(=O)c1noc(Cc2ccc(OCCc3ccc(Cl)c(Cl)c3)cc2)n1. The van der Waals surface area contributed by atoms with Gasteiger partial charge in [-0.3, -0.25) is 9.59 Å². The third kappa shape index (κ3) is 8.02. The fourth-order valence-electron chi connectivity index (χ4n) is 3.84. The molecule has 1 aliphatic carbocycles. The van der Waals surface area contributed by atoms with Crippen LogP contribution >= 0.6 is 23.2 Å². The number of carbonyl (C=O) groups excluding carboxylic acids is 2. The minimum atomic E-state index is -0.676. The second kappa shape index (κ2) is 13.0. The molecule has 0 spiro atoms. The number of nitrogens with one attached hydrogen (secondary N) is 1. The van der Waals surface area contributed by atoms with Crippen molar-refractivity contribution < 1.29 is 18.8 Å². The molecule has 1 saturated carbocycles. The topological polar surface area (TPSA) is 120 Å². The number of hydrogen-bond acceptors (Lipinski definition) is 7. The van der Waals surface area contributed by atoms with Crippen LogP contribution in [0.5, 0.6) is 5.75 Å². The van der Waals surface area contributed by atoms with Crippen molar-refractivity contribution in [3.63, 3.8) is 0 Å². The van der Waals surface area contributed by atoms with E-state index in [1.54, 1.807) is 6.07 Å². The smallest absolute Gasteiger partial charge is 0.240 e. The Morgan fingerprint density at radius 1 is 1.08 bits per heavy atom. The molecule has 3 aromatic rings. The summed E-state index contributed by atoms with van der Waals surface area (Å²) in [6, 6.07) is 12.4. The summed E-state index contributed by atoms with van der Waals surface area (Å²) < 4.78 is 11.2. The van der Waals surface area contributed by atoms with Gasteiger partial charge in [-0.05, 0) is 74.0 Å². The van der Waals surface area contributed by atoms with Crippen molar-refractivity contribution in [3.05, 3.63) is 75.4 Å². The van der Waals surface area contributed by atoms with Crippen LogP contribution in [0.15, 0.2) is 47.0 Å². The molecule has 37 heavy (non-hydrogen) atoms. The summed E-state index contributed by atoms with van der Waals surface area (Å²) in [6.45, 7) is 1.03. The van der Waals surface area contributed by atoms with Gasteiger partial charge in [-0.2, -0.15) is 4.98 Å². The van der Waals surface area contributed by atoms with Gasteiger partial charge in [-0.15, -0.1) is 0 Å². The van der Waals surface area contributed by atoms with Gasteiger partial charge in [0, 0.05) is 12.3 Å². The van der Waals surface area contributed by atoms with Gasteiger partial charge in [0.25, 0.3) is 0 Å². The van der Waals surface area contributed by atoms with Gasteiger partial charge < -0.3 is 20.3 Å². The first-order chi connectivity index (χ1) is 17.9. The molecule has 8 nitrogen and oxygen atoms in total. The number of unbranched alkanes of at least 4 members (excludes halogenated alkanes) is 1. The molecule has 0 radical (unpaired) electrons. The van der Waals surface area contributed by atoms with Crippen LogP contribution in [0.3, 0.4) is 0 Å². The van der Waals surface area contributed by atoms with Crippen LogP contribution in [-0.4, -0.2) is 41.0 Å². The van der Waals surface area contributed by atoms with E-state index in [0.29, 0.717) is 48.4 Å². The molecule has 1 fully saturated rings. The predicted molar refractivity (Wildman–Crippen MR) is 141 cm³/mol. The quantitative estimate of drug-likeness (QED) is 0.221. The number of nitrogens with zero attached hydrogens (tertiary/aromatic N) is 2. The number of benzene rings is 2. The minimum absolute atomic E-state index is 0.00789. The summed E-state index contributed by atoms with van der Waals surface area (Å²) in [7, 11) is 0. The maximum absolute atomic E-state index is 13.0. The molecule has 4 rings (SSSR count). The molecule has 1 aliphatic rings. The number of aromatic nitrogens is 2. The van der Waals surface area contributed by atoms with Crippen molar-refractivity contribution in [2.24, 2.45) is 11.7 Å². The molecule has 0 bridgehead atoms. The van der Waals surface area contributed by atoms with Crippen molar-refractivity contribution in [2.45, 2.75) is 51.0 Å². The highest BCUT2D eigenvalue weighted by Crippen LogP contribution is 2.29. The minimum Gasteiger partial charge on any atom is -0.493 e. The van der Waals surface area contributed by atoms with E-state index in [1.165, 1.54) is 0 Å². The van der Waals surface area contributed by atoms with E-state index in [4.69, 9.17) is 38.2 Å². The monoisotopic (exact) mass is 544 g/mol. The molecule has 2 aromatic carbocycles. The highest BCUT2D eigenvalue weighted by molar-refractivity contribution is 6.42. The fraction of sp³-hybridized carbons (Fsp3) is 0.407. The van der Waals surface area contributed by atoms with Crippen LogP contribution < -0.4 is 15.8 Å². The lowest BCUT2D eigenvalue weighted by Gasteiger charge is -2.15. The zero-order valence-electron chi connectivity index (χ0n) is 20.4. The number of Topliss-reactive ketones (excluding diaryl/α,β-unsaturated/α-hetero) is 1. The lowest BCUT2D eigenvalue weighted by atomic mass is 10.0. The van der Waals surface area contributed by atoms with E-state index < -0.39 is 6.04 Å². The third-order valence-electron chi connectivity index (χ3n) is 6.14. The highest BCUT2D eigenvalue weighted by Gasteiger charge is 2.33. The number of ketones is 1. The first kappa shape index (κ1) is 27.1. The van der Waals surface area contributed by atoms with Gasteiger partial charge in [-0.25, -0.2) is 0 Å². The van der Waals surface area contributed by atoms with Crippen molar-refractivity contribution >= 4 is 34.9 Å². The van der Waals surface area contributed by atoms with Gasteiger partial charge >= 0.3 is 0 Å². The molecular formula is C27H30Cl2N4O4. The van der Waals surface area contributed by atoms with Gasteiger partial charge in [0.1, 0.15) is 5.75 Å². The van der Waals surface area contributed by atoms with Crippen LogP contribution in [0.1, 0.15) is 59.7 Å². The summed E-state index contributed by atoms with van der Waals surface area (Å²) in [5.41, 5.74) is 7.55. The molecule has 1 amide bonds. The Hall–Kier alpha value is -2.94. The van der Waals surface area contributed by atoms with Crippen molar-refractivity contribution in [3.8, 4) is 5.75 Å². The molecule has 1 unspecified atom stereocenters. The van der Waals surface area contributed by atoms with E-state index >= 15 is 0 Å². The van der Waals surface area contributed by atoms with Crippen LogP contribution in [-0.2, 0) is 17.6 Å². The molecule has 0 saturated heterocycles. The molecule has 196 valence electrons. The van der Waals surface area contributed by atoms with E-state index in [0.717, 1.165) is 42.6 Å². The zero-order chi connectivity index (χ0) is 26.2. The van der Waals surface area contributed by atoms with E-state index in [-0.39, 0.29) is 23.4 Å². The standard InChI is InChI=1S/C27H30Cl2N4O4/c28-21-11-6-18(15-22(21)29)12-14-36-20-9-4-17(5-10-20)16-24-32-26(33-37-24)25(34)23(3-1-2-13-30)31-27(35)19-7-8-19/h4-6,9-11,15,19,23H,1-3,7-8,12-14,16,30H2,(H,31,35). The van der Waals surface area contributed by atoms with E-state index in [2.05, 4.69) is 15.5 Å². The second-order valence-corrected chi connectivity index (χ2v) is 9.98. The van der Waals surface area contributed by atoms with E-state index in [9.17, 15) is 9.59 Å². The van der Waals surface area contributed by atoms with Gasteiger partial charge in [0.2, 0.25) is 23.4 Å². The lowest BCUT2D eigenvalue weighted by molar-refractivity contribution is -0.122. The molecular weight excluding hydrogens is 515 g/mol. The summed E-state index contributed by atoms with van der Waals surface area (Å²) in [5, 5.41) is 7.79.